The topological polar surface area (TPSA) is 136 Å². The molecule has 274 valence electrons. The molecule has 11 heteroatoms. The minimum Gasteiger partial charge on any atom is -0.456 e. The van der Waals surface area contributed by atoms with Crippen molar-refractivity contribution in [1.82, 2.24) is 30.5 Å². The highest BCUT2D eigenvalue weighted by Crippen LogP contribution is 2.60. The Morgan fingerprint density at radius 3 is 2.28 bits per heavy atom. The zero-order valence-electron chi connectivity index (χ0n) is 31.4. The van der Waals surface area contributed by atoms with Crippen molar-refractivity contribution in [2.75, 3.05) is 13.6 Å². The van der Waals surface area contributed by atoms with Crippen LogP contribution < -0.4 is 10.6 Å². The third kappa shape index (κ3) is 9.12. The number of aromatic nitrogens is 3. The van der Waals surface area contributed by atoms with Crippen LogP contribution in [-0.2, 0) is 36.9 Å². The molecule has 0 aromatic carbocycles. The Kier molecular flexibility index (Phi) is 11.1. The molecule has 3 amide bonds. The van der Waals surface area contributed by atoms with Crippen LogP contribution in [-0.4, -0.2) is 75.4 Å². The van der Waals surface area contributed by atoms with Crippen molar-refractivity contribution in [2.45, 2.75) is 125 Å². The number of rotatable bonds is 6. The predicted molar refractivity (Wildman–Crippen MR) is 191 cm³/mol. The van der Waals surface area contributed by atoms with Gasteiger partial charge in [-0.1, -0.05) is 62.8 Å². The summed E-state index contributed by atoms with van der Waals surface area (Å²) in [4.78, 5) is 55.1. The van der Waals surface area contributed by atoms with Crippen molar-refractivity contribution in [3.8, 4) is 0 Å². The zero-order valence-corrected chi connectivity index (χ0v) is 31.4. The Labute approximate surface area is 297 Å². The van der Waals surface area contributed by atoms with E-state index in [0.717, 1.165) is 35.4 Å². The van der Waals surface area contributed by atoms with E-state index in [1.165, 1.54) is 50.5 Å². The molecule has 1 aromatic heterocycles. The van der Waals surface area contributed by atoms with Gasteiger partial charge >= 0.3 is 5.97 Å². The lowest BCUT2D eigenvalue weighted by Crippen LogP contribution is -2.54. The van der Waals surface area contributed by atoms with Crippen LogP contribution in [0, 0.1) is 34.5 Å². The van der Waals surface area contributed by atoms with Gasteiger partial charge in [0.15, 0.2) is 0 Å². The smallest absolute Gasteiger partial charge is 0.326 e. The number of likely N-dealkylation sites (N-methyl/N-ethyl adjacent to an activating group) is 1. The van der Waals surface area contributed by atoms with Gasteiger partial charge in [-0.25, -0.2) is 0 Å². The van der Waals surface area contributed by atoms with Crippen molar-refractivity contribution in [2.24, 2.45) is 34.5 Å². The lowest BCUT2D eigenvalue weighted by molar-refractivity contribution is -0.149. The standard InChI is InChI=1S/C39H58N6O5/c1-23(16-38(6,7)8)10-25(3)35-26(4)24(2)11-33(46)41-27(5)37(49)44(9)32(36(48)40-20-34(47)50-35)15-31-21-45(43-42-31)22-39-17-28-12-29(18-39)14-30(13-28)19-39/h10,16,21,26-30,32,35H,2,11-15,17-20,22H2,1,3-9H3,(H,40,48)(H,41,46)/b23-16+,25-10+/t26-,27+,28?,29?,30?,32+,35+,39?/m1/s1. The summed E-state index contributed by atoms with van der Waals surface area (Å²) in [5.74, 6) is 0.0856. The number of ether oxygens (including phenoxy) is 1. The highest BCUT2D eigenvalue weighted by molar-refractivity contribution is 5.93. The molecule has 5 fully saturated rings. The number of nitrogens with zero attached hydrogens (tertiary/aromatic N) is 4. The van der Waals surface area contributed by atoms with Gasteiger partial charge in [0, 0.05) is 38.5 Å². The van der Waals surface area contributed by atoms with E-state index >= 15 is 0 Å². The fourth-order valence-corrected chi connectivity index (χ4v) is 9.55. The lowest BCUT2D eigenvalue weighted by atomic mass is 9.49. The molecule has 4 bridgehead atoms. The average molecular weight is 691 g/mol. The molecular weight excluding hydrogens is 632 g/mol. The molecule has 6 rings (SSSR count). The van der Waals surface area contributed by atoms with Gasteiger partial charge in [-0.3, -0.25) is 23.9 Å². The van der Waals surface area contributed by atoms with Crippen molar-refractivity contribution in [1.29, 1.82) is 0 Å². The Morgan fingerprint density at radius 2 is 1.68 bits per heavy atom. The van der Waals surface area contributed by atoms with Gasteiger partial charge in [-0.2, -0.15) is 0 Å². The summed E-state index contributed by atoms with van der Waals surface area (Å²) in [5, 5.41) is 14.4. The maximum Gasteiger partial charge on any atom is 0.326 e. The summed E-state index contributed by atoms with van der Waals surface area (Å²) in [6.07, 6.45) is 13.2. The second-order valence-electron chi connectivity index (χ2n) is 17.2. The molecule has 50 heavy (non-hydrogen) atoms. The SMILES string of the molecule is C=C1CC(=O)N[C@@H](C)C(=O)N(C)[C@@H](Cc2cn(CC34CC5CC(CC(C5)C3)C4)nn2)C(=O)NCC(=O)O[C@@H](/C(C)=C/C(C)=C/C(C)(C)C)[C@@H]1C. The molecule has 2 heterocycles. The number of nitrogens with one attached hydrogen (secondary N) is 2. The fourth-order valence-electron chi connectivity index (χ4n) is 9.55. The van der Waals surface area contributed by atoms with Gasteiger partial charge in [0.25, 0.3) is 0 Å². The van der Waals surface area contributed by atoms with E-state index < -0.39 is 41.9 Å². The maximum absolute atomic E-state index is 13.8. The van der Waals surface area contributed by atoms with E-state index in [-0.39, 0.29) is 36.1 Å². The summed E-state index contributed by atoms with van der Waals surface area (Å²) >= 11 is 0. The van der Waals surface area contributed by atoms with Gasteiger partial charge in [0.1, 0.15) is 24.7 Å². The molecule has 4 atom stereocenters. The number of carbonyl (C=O) groups excluding carboxylic acids is 4. The van der Waals surface area contributed by atoms with Crippen molar-refractivity contribution in [3.63, 3.8) is 0 Å². The molecule has 1 saturated heterocycles. The molecule has 0 radical (unpaired) electrons. The van der Waals surface area contributed by atoms with Gasteiger partial charge in [-0.05, 0) is 93.5 Å². The largest absolute Gasteiger partial charge is 0.456 e. The van der Waals surface area contributed by atoms with E-state index in [4.69, 9.17) is 4.74 Å². The van der Waals surface area contributed by atoms with Gasteiger partial charge < -0.3 is 20.3 Å². The van der Waals surface area contributed by atoms with Crippen LogP contribution in [0.4, 0.5) is 0 Å². The first-order chi connectivity index (χ1) is 23.4. The second kappa shape index (κ2) is 14.8. The van der Waals surface area contributed by atoms with Gasteiger partial charge in [0.2, 0.25) is 17.7 Å². The third-order valence-electron chi connectivity index (χ3n) is 11.2. The Balaban J connectivity index is 1.34. The van der Waals surface area contributed by atoms with E-state index in [1.807, 2.05) is 37.7 Å². The Bertz CT molecular complexity index is 1510. The van der Waals surface area contributed by atoms with Crippen LogP contribution in [0.15, 0.2) is 41.6 Å². The second-order valence-corrected chi connectivity index (χ2v) is 17.2. The zero-order chi connectivity index (χ0) is 36.5. The summed E-state index contributed by atoms with van der Waals surface area (Å²) in [6.45, 7) is 18.2. The van der Waals surface area contributed by atoms with Crippen molar-refractivity contribution in [3.05, 3.63) is 47.3 Å². The molecule has 5 aliphatic rings. The van der Waals surface area contributed by atoms with Crippen LogP contribution in [0.3, 0.4) is 0 Å². The van der Waals surface area contributed by atoms with Gasteiger partial charge in [0.05, 0.1) is 5.69 Å². The fraction of sp³-hybridized carbons (Fsp3) is 0.692. The molecule has 4 saturated carbocycles. The van der Waals surface area contributed by atoms with Crippen LogP contribution >= 0.6 is 0 Å². The highest BCUT2D eigenvalue weighted by Gasteiger charge is 2.51. The van der Waals surface area contributed by atoms with Gasteiger partial charge in [-0.15, -0.1) is 5.10 Å². The number of hydrogen-bond acceptors (Lipinski definition) is 7. The van der Waals surface area contributed by atoms with Crippen LogP contribution in [0.1, 0.15) is 99.1 Å². The molecule has 0 unspecified atom stereocenters. The van der Waals surface area contributed by atoms with Crippen LogP contribution in [0.2, 0.25) is 0 Å². The summed E-state index contributed by atoms with van der Waals surface area (Å²) < 4.78 is 7.89. The first-order valence-corrected chi connectivity index (χ1v) is 18.4. The molecule has 2 N–H and O–H groups in total. The number of esters is 1. The highest BCUT2D eigenvalue weighted by atomic mass is 16.5. The van der Waals surface area contributed by atoms with E-state index in [0.29, 0.717) is 11.3 Å². The van der Waals surface area contributed by atoms with E-state index in [1.54, 1.807) is 6.92 Å². The summed E-state index contributed by atoms with van der Waals surface area (Å²) in [7, 11) is 1.53. The third-order valence-corrected chi connectivity index (χ3v) is 11.2. The maximum atomic E-state index is 13.8. The average Bonchev–Trinajstić information content (AvgIpc) is 3.43. The van der Waals surface area contributed by atoms with Crippen LogP contribution in [0.25, 0.3) is 0 Å². The Morgan fingerprint density at radius 1 is 1.06 bits per heavy atom. The number of allylic oxidation sites excluding steroid dienone is 3. The Hall–Kier alpha value is -3.76. The minimum atomic E-state index is -0.999. The predicted octanol–water partition coefficient (Wildman–Crippen LogP) is 4.93. The van der Waals surface area contributed by atoms with E-state index in [9.17, 15) is 19.2 Å². The molecule has 11 nitrogen and oxygen atoms in total. The minimum absolute atomic E-state index is 0.0443. The molecule has 1 aromatic rings. The van der Waals surface area contributed by atoms with E-state index in [2.05, 4.69) is 54.4 Å². The number of amides is 3. The first-order valence-electron chi connectivity index (χ1n) is 18.4. The molecule has 1 aliphatic heterocycles. The summed E-state index contributed by atoms with van der Waals surface area (Å²) in [6, 6.07) is -1.90. The summed E-state index contributed by atoms with van der Waals surface area (Å²) in [5.41, 5.74) is 3.16. The number of carbonyl (C=O) groups is 4. The molecular formula is C39H58N6O5. The van der Waals surface area contributed by atoms with Crippen molar-refractivity contribution >= 4 is 23.7 Å². The normalized spacial score (nSPS) is 33.5. The monoisotopic (exact) mass is 690 g/mol. The lowest BCUT2D eigenvalue weighted by Gasteiger charge is -2.56. The molecule has 4 aliphatic carbocycles. The van der Waals surface area contributed by atoms with Crippen LogP contribution in [0.5, 0.6) is 0 Å². The molecule has 0 spiro atoms. The van der Waals surface area contributed by atoms with Crippen molar-refractivity contribution < 1.29 is 23.9 Å². The first kappa shape index (κ1) is 37.5. The number of cyclic esters (lactones) is 1. The number of hydrogen-bond donors (Lipinski definition) is 2. The quantitative estimate of drug-likeness (QED) is 0.246.